The Labute approximate surface area is 98.0 Å². The number of benzene rings is 1. The maximum atomic E-state index is 5.97. The summed E-state index contributed by atoms with van der Waals surface area (Å²) < 4.78 is 5.44. The molecule has 1 aromatic carbocycles. The number of nitrogen functional groups attached to an aromatic ring is 1. The highest BCUT2D eigenvalue weighted by Crippen LogP contribution is 2.28. The molecule has 0 unspecified atom stereocenters. The van der Waals surface area contributed by atoms with Crippen LogP contribution in [0, 0.1) is 6.92 Å². The van der Waals surface area contributed by atoms with Crippen LogP contribution in [0.1, 0.15) is 5.56 Å². The van der Waals surface area contributed by atoms with E-state index in [9.17, 15) is 0 Å². The van der Waals surface area contributed by atoms with Crippen molar-refractivity contribution in [3.8, 4) is 11.8 Å². The van der Waals surface area contributed by atoms with Gasteiger partial charge in [-0.2, -0.15) is 4.98 Å². The van der Waals surface area contributed by atoms with Crippen LogP contribution in [0.15, 0.2) is 30.5 Å². The van der Waals surface area contributed by atoms with Gasteiger partial charge in [0.1, 0.15) is 11.6 Å². The van der Waals surface area contributed by atoms with Crippen molar-refractivity contribution in [1.29, 1.82) is 0 Å². The molecule has 4 nitrogen and oxygen atoms in total. The Morgan fingerprint density at radius 2 is 2.12 bits per heavy atom. The molecule has 0 radical (unpaired) electrons. The van der Waals surface area contributed by atoms with Crippen molar-refractivity contribution < 1.29 is 4.74 Å². The SMILES string of the molecule is Cc1ccc(Cl)c(Oc2nccc(N)n2)c1. The van der Waals surface area contributed by atoms with Crippen molar-refractivity contribution in [1.82, 2.24) is 9.97 Å². The van der Waals surface area contributed by atoms with Gasteiger partial charge in [0.05, 0.1) is 5.02 Å². The average molecular weight is 236 g/mol. The zero-order valence-corrected chi connectivity index (χ0v) is 9.40. The third-order valence-electron chi connectivity index (χ3n) is 1.94. The normalized spacial score (nSPS) is 10.1. The summed E-state index contributed by atoms with van der Waals surface area (Å²) in [6.45, 7) is 1.95. The first-order valence-electron chi connectivity index (χ1n) is 4.67. The van der Waals surface area contributed by atoms with Gasteiger partial charge in [-0.15, -0.1) is 0 Å². The van der Waals surface area contributed by atoms with E-state index in [0.29, 0.717) is 16.6 Å². The first kappa shape index (κ1) is 10.7. The molecule has 5 heteroatoms. The zero-order chi connectivity index (χ0) is 11.5. The molecule has 1 aromatic heterocycles. The van der Waals surface area contributed by atoms with Crippen LogP contribution < -0.4 is 10.5 Å². The minimum absolute atomic E-state index is 0.188. The summed E-state index contributed by atoms with van der Waals surface area (Å²) in [6, 6.07) is 7.25. The predicted molar refractivity (Wildman–Crippen MR) is 62.7 cm³/mol. The van der Waals surface area contributed by atoms with Crippen molar-refractivity contribution in [2.75, 3.05) is 5.73 Å². The molecule has 82 valence electrons. The third-order valence-corrected chi connectivity index (χ3v) is 2.26. The average Bonchev–Trinajstić information content (AvgIpc) is 2.24. The molecule has 0 bridgehead atoms. The number of nitrogens with zero attached hydrogens (tertiary/aromatic N) is 2. The van der Waals surface area contributed by atoms with Crippen molar-refractivity contribution >= 4 is 17.4 Å². The van der Waals surface area contributed by atoms with Crippen LogP contribution in [0.2, 0.25) is 5.02 Å². The Bertz CT molecular complexity index is 516. The molecule has 0 aliphatic heterocycles. The van der Waals surface area contributed by atoms with Gasteiger partial charge in [0.15, 0.2) is 0 Å². The number of aryl methyl sites for hydroxylation is 1. The molecule has 2 aromatic rings. The largest absolute Gasteiger partial charge is 0.423 e. The number of hydrogen-bond donors (Lipinski definition) is 1. The smallest absolute Gasteiger partial charge is 0.323 e. The van der Waals surface area contributed by atoms with Gasteiger partial charge >= 0.3 is 6.01 Å². The molecule has 0 fully saturated rings. The fraction of sp³-hybridized carbons (Fsp3) is 0.0909. The van der Waals surface area contributed by atoms with Gasteiger partial charge in [-0.1, -0.05) is 17.7 Å². The van der Waals surface area contributed by atoms with Crippen molar-refractivity contribution in [3.05, 3.63) is 41.0 Å². The van der Waals surface area contributed by atoms with E-state index >= 15 is 0 Å². The first-order chi connectivity index (χ1) is 7.65. The Balaban J connectivity index is 2.30. The van der Waals surface area contributed by atoms with Gasteiger partial charge in [0.2, 0.25) is 0 Å². The van der Waals surface area contributed by atoms with Gasteiger partial charge in [-0.25, -0.2) is 4.98 Å². The number of halogens is 1. The highest BCUT2D eigenvalue weighted by Gasteiger charge is 2.05. The molecule has 2 rings (SSSR count). The molecule has 1 heterocycles. The second-order valence-corrected chi connectivity index (χ2v) is 3.71. The fourth-order valence-electron chi connectivity index (χ4n) is 1.19. The summed E-state index contributed by atoms with van der Waals surface area (Å²) in [5, 5.41) is 0.511. The Kier molecular flexibility index (Phi) is 2.92. The summed E-state index contributed by atoms with van der Waals surface area (Å²) in [5.74, 6) is 0.876. The number of ether oxygens (including phenoxy) is 1. The van der Waals surface area contributed by atoms with Crippen LogP contribution in [-0.4, -0.2) is 9.97 Å². The fourth-order valence-corrected chi connectivity index (χ4v) is 1.35. The zero-order valence-electron chi connectivity index (χ0n) is 8.64. The summed E-state index contributed by atoms with van der Waals surface area (Å²) in [5.41, 5.74) is 6.56. The Morgan fingerprint density at radius 3 is 2.88 bits per heavy atom. The van der Waals surface area contributed by atoms with Crippen LogP contribution in [0.3, 0.4) is 0 Å². The van der Waals surface area contributed by atoms with E-state index in [1.165, 1.54) is 6.20 Å². The van der Waals surface area contributed by atoms with E-state index in [2.05, 4.69) is 9.97 Å². The number of rotatable bonds is 2. The van der Waals surface area contributed by atoms with E-state index in [4.69, 9.17) is 22.1 Å². The maximum absolute atomic E-state index is 5.97. The molecule has 0 amide bonds. The minimum atomic E-state index is 0.188. The van der Waals surface area contributed by atoms with Gasteiger partial charge in [-0.05, 0) is 30.7 Å². The van der Waals surface area contributed by atoms with Crippen molar-refractivity contribution in [3.63, 3.8) is 0 Å². The van der Waals surface area contributed by atoms with Crippen molar-refractivity contribution in [2.24, 2.45) is 0 Å². The molecular formula is C11H10ClN3O. The van der Waals surface area contributed by atoms with E-state index in [1.54, 1.807) is 12.1 Å². The molecule has 0 saturated heterocycles. The van der Waals surface area contributed by atoms with Gasteiger partial charge in [0.25, 0.3) is 0 Å². The monoisotopic (exact) mass is 235 g/mol. The second kappa shape index (κ2) is 4.37. The van der Waals surface area contributed by atoms with Crippen molar-refractivity contribution in [2.45, 2.75) is 6.92 Å². The topological polar surface area (TPSA) is 61.0 Å². The van der Waals surface area contributed by atoms with Crippen LogP contribution in [0.5, 0.6) is 11.8 Å². The standard InChI is InChI=1S/C11H10ClN3O/c1-7-2-3-8(12)9(6-7)16-11-14-5-4-10(13)15-11/h2-6H,1H3,(H2,13,14,15). The highest BCUT2D eigenvalue weighted by atomic mass is 35.5. The lowest BCUT2D eigenvalue weighted by Gasteiger charge is -2.06. The molecule has 16 heavy (non-hydrogen) atoms. The lowest BCUT2D eigenvalue weighted by Crippen LogP contribution is -1.96. The lowest BCUT2D eigenvalue weighted by atomic mass is 10.2. The van der Waals surface area contributed by atoms with E-state index in [0.717, 1.165) is 5.56 Å². The van der Waals surface area contributed by atoms with E-state index in [1.807, 2.05) is 19.1 Å². The molecule has 0 saturated carbocycles. The molecular weight excluding hydrogens is 226 g/mol. The van der Waals surface area contributed by atoms with Crippen LogP contribution in [0.4, 0.5) is 5.82 Å². The molecule has 0 aliphatic rings. The predicted octanol–water partition coefficient (Wildman–Crippen LogP) is 2.81. The highest BCUT2D eigenvalue weighted by molar-refractivity contribution is 6.32. The molecule has 2 N–H and O–H groups in total. The molecule has 0 spiro atoms. The van der Waals surface area contributed by atoms with E-state index < -0.39 is 0 Å². The number of anilines is 1. The van der Waals surface area contributed by atoms with Gasteiger partial charge < -0.3 is 10.5 Å². The molecule has 0 atom stereocenters. The Hall–Kier alpha value is -1.81. The third kappa shape index (κ3) is 2.41. The second-order valence-electron chi connectivity index (χ2n) is 3.30. The van der Waals surface area contributed by atoms with Crippen LogP contribution >= 0.6 is 11.6 Å². The summed E-state index contributed by atoms with van der Waals surface area (Å²) in [4.78, 5) is 7.86. The van der Waals surface area contributed by atoms with Gasteiger partial charge in [-0.3, -0.25) is 0 Å². The van der Waals surface area contributed by atoms with Crippen LogP contribution in [0.25, 0.3) is 0 Å². The summed E-state index contributed by atoms with van der Waals surface area (Å²) >= 11 is 5.97. The van der Waals surface area contributed by atoms with E-state index in [-0.39, 0.29) is 6.01 Å². The number of aromatic nitrogens is 2. The number of hydrogen-bond acceptors (Lipinski definition) is 4. The van der Waals surface area contributed by atoms with Crippen LogP contribution in [-0.2, 0) is 0 Å². The van der Waals surface area contributed by atoms with Gasteiger partial charge in [0, 0.05) is 6.20 Å². The number of nitrogens with two attached hydrogens (primary N) is 1. The quantitative estimate of drug-likeness (QED) is 0.870. The molecule has 0 aliphatic carbocycles. The maximum Gasteiger partial charge on any atom is 0.323 e. The lowest BCUT2D eigenvalue weighted by molar-refractivity contribution is 0.442. The summed E-state index contributed by atoms with van der Waals surface area (Å²) in [7, 11) is 0. The minimum Gasteiger partial charge on any atom is -0.423 e. The summed E-state index contributed by atoms with van der Waals surface area (Å²) in [6.07, 6.45) is 1.53. The first-order valence-corrected chi connectivity index (χ1v) is 5.05. The Morgan fingerprint density at radius 1 is 1.31 bits per heavy atom.